The number of thioether (sulfide) groups is 1. The topological polar surface area (TPSA) is 55.4 Å². The monoisotopic (exact) mass is 477 g/mol. The highest BCUT2D eigenvalue weighted by molar-refractivity contribution is 8.14. The van der Waals surface area contributed by atoms with Gasteiger partial charge in [0.2, 0.25) is 5.12 Å². The van der Waals surface area contributed by atoms with Gasteiger partial charge in [0, 0.05) is 28.0 Å². The second kappa shape index (κ2) is 13.7. The highest BCUT2D eigenvalue weighted by Crippen LogP contribution is 2.39. The van der Waals surface area contributed by atoms with Crippen LogP contribution in [0.25, 0.3) is 5.70 Å². The Bertz CT molecular complexity index is 862. The molecule has 1 heterocycles. The van der Waals surface area contributed by atoms with Gasteiger partial charge < -0.3 is 10.1 Å². The van der Waals surface area contributed by atoms with E-state index < -0.39 is 0 Å². The molecule has 0 aromatic heterocycles. The number of unbranched alkanes of at least 4 members (excludes halogenated alkanes) is 3. The van der Waals surface area contributed by atoms with Gasteiger partial charge in [0.05, 0.1) is 17.9 Å². The molecule has 1 aliphatic rings. The molecule has 0 amide bonds. The molecular formula is C26H36ClNO3S. The van der Waals surface area contributed by atoms with E-state index in [9.17, 15) is 9.59 Å². The fraction of sp³-hybridized carbons (Fsp3) is 0.538. The summed E-state index contributed by atoms with van der Waals surface area (Å²) in [4.78, 5) is 26.5. The summed E-state index contributed by atoms with van der Waals surface area (Å²) in [6.07, 6.45) is 6.59. The van der Waals surface area contributed by atoms with Crippen molar-refractivity contribution in [3.05, 3.63) is 51.7 Å². The van der Waals surface area contributed by atoms with Crippen LogP contribution in [0.1, 0.15) is 78.2 Å². The number of carbonyl (C=O) groups excluding carboxylic acids is 2. The van der Waals surface area contributed by atoms with Gasteiger partial charge >= 0.3 is 5.97 Å². The van der Waals surface area contributed by atoms with Crippen molar-refractivity contribution in [2.24, 2.45) is 5.92 Å². The summed E-state index contributed by atoms with van der Waals surface area (Å²) in [5, 5.41) is 4.08. The number of halogens is 1. The molecule has 1 N–H and O–H groups in total. The maximum absolute atomic E-state index is 13.3. The minimum absolute atomic E-state index is 0.0589. The van der Waals surface area contributed by atoms with Crippen LogP contribution in [0.15, 0.2) is 41.1 Å². The average Bonchev–Trinajstić information content (AvgIpc) is 2.80. The van der Waals surface area contributed by atoms with Crippen molar-refractivity contribution in [1.29, 1.82) is 0 Å². The number of dihydropyridines is 1. The molecule has 0 saturated carbocycles. The average molecular weight is 478 g/mol. The Morgan fingerprint density at radius 3 is 2.47 bits per heavy atom. The quantitative estimate of drug-likeness (QED) is 0.256. The number of hydrogen-bond donors (Lipinski definition) is 1. The summed E-state index contributed by atoms with van der Waals surface area (Å²) in [5.74, 6) is 0.130. The molecule has 0 aliphatic carbocycles. The zero-order valence-corrected chi connectivity index (χ0v) is 21.3. The van der Waals surface area contributed by atoms with Crippen LogP contribution in [0.5, 0.6) is 0 Å². The number of allylic oxidation sites excluding steroid dienone is 1. The lowest BCUT2D eigenvalue weighted by Crippen LogP contribution is -2.33. The molecule has 32 heavy (non-hydrogen) atoms. The third-order valence-corrected chi connectivity index (χ3v) is 6.76. The van der Waals surface area contributed by atoms with Crippen molar-refractivity contribution in [2.45, 2.75) is 72.6 Å². The number of ether oxygens (including phenoxy) is 1. The molecule has 1 aromatic carbocycles. The molecule has 0 fully saturated rings. The van der Waals surface area contributed by atoms with Gasteiger partial charge in [-0.05, 0) is 43.4 Å². The molecule has 4 nitrogen and oxygen atoms in total. The van der Waals surface area contributed by atoms with Crippen LogP contribution in [-0.2, 0) is 14.3 Å². The predicted octanol–water partition coefficient (Wildman–Crippen LogP) is 7.14. The van der Waals surface area contributed by atoms with Crippen molar-refractivity contribution < 1.29 is 14.3 Å². The standard InChI is InChI=1S/C26H36ClNO3S/c1-5-9-10-11-16-32-26(30)22-20(7-3)23(25(29)31-15-6-2)24(28-21(22)8-4)18-13-12-14-19(27)17-18/h12-14,17,20,28H,5-11,15-16H2,1-4H3. The van der Waals surface area contributed by atoms with Crippen LogP contribution in [0.2, 0.25) is 5.02 Å². The number of nitrogens with one attached hydrogen (secondary N) is 1. The number of benzene rings is 1. The molecule has 0 bridgehead atoms. The van der Waals surface area contributed by atoms with Gasteiger partial charge in [-0.15, -0.1) is 0 Å². The summed E-state index contributed by atoms with van der Waals surface area (Å²) in [6.45, 7) is 8.55. The Balaban J connectivity index is 2.44. The lowest BCUT2D eigenvalue weighted by Gasteiger charge is -2.32. The van der Waals surface area contributed by atoms with Gasteiger partial charge in [0.25, 0.3) is 0 Å². The minimum Gasteiger partial charge on any atom is -0.462 e. The van der Waals surface area contributed by atoms with Crippen LogP contribution in [0.4, 0.5) is 0 Å². The first-order valence-corrected chi connectivity index (χ1v) is 13.2. The van der Waals surface area contributed by atoms with E-state index in [0.29, 0.717) is 41.3 Å². The van der Waals surface area contributed by atoms with E-state index in [1.165, 1.54) is 24.6 Å². The first-order valence-electron chi connectivity index (χ1n) is 11.8. The summed E-state index contributed by atoms with van der Waals surface area (Å²) < 4.78 is 5.56. The smallest absolute Gasteiger partial charge is 0.336 e. The third-order valence-electron chi connectivity index (χ3n) is 5.55. The molecule has 1 unspecified atom stereocenters. The van der Waals surface area contributed by atoms with Crippen molar-refractivity contribution >= 4 is 40.1 Å². The Hall–Kier alpha value is -1.72. The van der Waals surface area contributed by atoms with E-state index in [1.807, 2.05) is 45.0 Å². The molecule has 0 saturated heterocycles. The maximum atomic E-state index is 13.3. The highest BCUT2D eigenvalue weighted by atomic mass is 35.5. The molecule has 1 aliphatic heterocycles. The Labute approximate surface area is 202 Å². The minimum atomic E-state index is -0.366. The fourth-order valence-corrected chi connectivity index (χ4v) is 5.07. The number of esters is 1. The molecule has 6 heteroatoms. The van der Waals surface area contributed by atoms with Crippen LogP contribution < -0.4 is 5.32 Å². The third kappa shape index (κ3) is 6.89. The van der Waals surface area contributed by atoms with Crippen molar-refractivity contribution in [3.8, 4) is 0 Å². The molecule has 0 spiro atoms. The molecule has 0 radical (unpaired) electrons. The Kier molecular flexibility index (Phi) is 11.4. The molecule has 1 aromatic rings. The van der Waals surface area contributed by atoms with Crippen molar-refractivity contribution in [1.82, 2.24) is 5.32 Å². The summed E-state index contributed by atoms with van der Waals surface area (Å²) >= 11 is 7.62. The van der Waals surface area contributed by atoms with Gasteiger partial charge in [-0.1, -0.05) is 82.5 Å². The summed E-state index contributed by atoms with van der Waals surface area (Å²) in [6, 6.07) is 7.44. The maximum Gasteiger partial charge on any atom is 0.336 e. The van der Waals surface area contributed by atoms with E-state index in [-0.39, 0.29) is 17.0 Å². The predicted molar refractivity (Wildman–Crippen MR) is 135 cm³/mol. The highest BCUT2D eigenvalue weighted by Gasteiger charge is 2.37. The second-order valence-corrected chi connectivity index (χ2v) is 9.47. The number of carbonyl (C=O) groups is 2. The van der Waals surface area contributed by atoms with Crippen LogP contribution in [0.3, 0.4) is 0 Å². The van der Waals surface area contributed by atoms with E-state index in [1.54, 1.807) is 0 Å². The van der Waals surface area contributed by atoms with Gasteiger partial charge in [-0.25, -0.2) is 4.79 Å². The normalized spacial score (nSPS) is 16.2. The van der Waals surface area contributed by atoms with Gasteiger partial charge in [-0.3, -0.25) is 4.79 Å². The largest absolute Gasteiger partial charge is 0.462 e. The lowest BCUT2D eigenvalue weighted by molar-refractivity contribution is -0.139. The number of rotatable bonds is 12. The Morgan fingerprint density at radius 2 is 1.84 bits per heavy atom. The summed E-state index contributed by atoms with van der Waals surface area (Å²) in [7, 11) is 0. The molecule has 176 valence electrons. The molecule has 1 atom stereocenters. The van der Waals surface area contributed by atoms with E-state index in [4.69, 9.17) is 16.3 Å². The number of hydrogen-bond acceptors (Lipinski definition) is 5. The van der Waals surface area contributed by atoms with Crippen LogP contribution >= 0.6 is 23.4 Å². The first kappa shape index (κ1) is 26.5. The zero-order chi connectivity index (χ0) is 23.5. The summed E-state index contributed by atoms with van der Waals surface area (Å²) in [5.41, 5.74) is 3.64. The van der Waals surface area contributed by atoms with Gasteiger partial charge in [-0.2, -0.15) is 0 Å². The van der Waals surface area contributed by atoms with E-state index >= 15 is 0 Å². The van der Waals surface area contributed by atoms with Crippen LogP contribution in [-0.4, -0.2) is 23.4 Å². The fourth-order valence-electron chi connectivity index (χ4n) is 3.93. The van der Waals surface area contributed by atoms with Gasteiger partial charge in [0.15, 0.2) is 0 Å². The van der Waals surface area contributed by atoms with E-state index in [2.05, 4.69) is 12.2 Å². The lowest BCUT2D eigenvalue weighted by atomic mass is 9.82. The van der Waals surface area contributed by atoms with Crippen LogP contribution in [0, 0.1) is 5.92 Å². The zero-order valence-electron chi connectivity index (χ0n) is 19.8. The SMILES string of the molecule is CCCCCCSC(=O)C1=C(CC)NC(c2cccc(Cl)c2)=C(C(=O)OCCC)C1CC. The van der Waals surface area contributed by atoms with Crippen molar-refractivity contribution in [3.63, 3.8) is 0 Å². The molecule has 2 rings (SSSR count). The second-order valence-electron chi connectivity index (χ2n) is 7.96. The van der Waals surface area contributed by atoms with Crippen molar-refractivity contribution in [2.75, 3.05) is 12.4 Å². The molecular weight excluding hydrogens is 442 g/mol. The van der Waals surface area contributed by atoms with E-state index in [0.717, 1.165) is 36.3 Å². The van der Waals surface area contributed by atoms with Gasteiger partial charge in [0.1, 0.15) is 0 Å². The first-order chi connectivity index (χ1) is 15.5. The Morgan fingerprint density at radius 1 is 1.06 bits per heavy atom.